The van der Waals surface area contributed by atoms with E-state index in [2.05, 4.69) is 4.72 Å². The van der Waals surface area contributed by atoms with Crippen LogP contribution in [-0.4, -0.2) is 20.8 Å². The molecule has 1 aromatic carbocycles. The highest BCUT2D eigenvalue weighted by Gasteiger charge is 2.12. The van der Waals surface area contributed by atoms with Crippen LogP contribution in [0.2, 0.25) is 0 Å². The first-order valence-corrected chi connectivity index (χ1v) is 7.02. The number of aryl methyl sites for hydroxylation is 1. The van der Waals surface area contributed by atoms with Crippen LogP contribution in [-0.2, 0) is 16.4 Å². The maximum atomic E-state index is 11.4. The molecule has 0 radical (unpaired) electrons. The van der Waals surface area contributed by atoms with Crippen LogP contribution in [0.3, 0.4) is 0 Å². The molecule has 0 saturated carbocycles. The first-order chi connectivity index (χ1) is 7.61. The summed E-state index contributed by atoms with van der Waals surface area (Å²) in [4.78, 5) is 0. The lowest BCUT2D eigenvalue weighted by molar-refractivity contribution is 0.288. The van der Waals surface area contributed by atoms with Gasteiger partial charge in [0, 0.05) is 5.69 Å². The third-order valence-corrected chi connectivity index (χ3v) is 3.87. The second-order valence-electron chi connectivity index (χ2n) is 3.78. The van der Waals surface area contributed by atoms with E-state index in [1.54, 1.807) is 13.0 Å². The Hall–Kier alpha value is -1.23. The van der Waals surface area contributed by atoms with Gasteiger partial charge in [-0.15, -0.1) is 0 Å². The number of sulfonamides is 1. The Kier molecular flexibility index (Phi) is 3.05. The van der Waals surface area contributed by atoms with Crippen LogP contribution in [0.15, 0.2) is 18.2 Å². The molecule has 2 rings (SSSR count). The molecule has 16 heavy (non-hydrogen) atoms. The molecule has 0 amide bonds. The Morgan fingerprint density at radius 1 is 1.44 bits per heavy atom. The zero-order valence-corrected chi connectivity index (χ0v) is 10.0. The van der Waals surface area contributed by atoms with Crippen LogP contribution in [0.4, 0.5) is 5.69 Å². The maximum absolute atomic E-state index is 11.4. The molecule has 88 valence electrons. The van der Waals surface area contributed by atoms with Crippen LogP contribution >= 0.6 is 0 Å². The highest BCUT2D eigenvalue weighted by Crippen LogP contribution is 2.27. The Morgan fingerprint density at radius 3 is 3.00 bits per heavy atom. The molecule has 1 aromatic rings. The molecular formula is C11H15NO3S. The third-order valence-electron chi connectivity index (χ3n) is 2.56. The van der Waals surface area contributed by atoms with Crippen molar-refractivity contribution in [2.24, 2.45) is 0 Å². The van der Waals surface area contributed by atoms with Gasteiger partial charge < -0.3 is 4.74 Å². The third kappa shape index (κ3) is 2.47. The van der Waals surface area contributed by atoms with Crippen molar-refractivity contribution < 1.29 is 13.2 Å². The Labute approximate surface area is 95.7 Å². The molecule has 0 aromatic heterocycles. The zero-order valence-electron chi connectivity index (χ0n) is 9.19. The summed E-state index contributed by atoms with van der Waals surface area (Å²) < 4.78 is 30.8. The monoisotopic (exact) mass is 241 g/mol. The first kappa shape index (κ1) is 11.3. The van der Waals surface area contributed by atoms with Gasteiger partial charge in [0.2, 0.25) is 10.0 Å². The minimum absolute atomic E-state index is 0.0839. The Bertz CT molecular complexity index is 482. The molecule has 0 bridgehead atoms. The second kappa shape index (κ2) is 4.33. The van der Waals surface area contributed by atoms with Crippen molar-refractivity contribution >= 4 is 15.7 Å². The average molecular weight is 241 g/mol. The number of anilines is 1. The smallest absolute Gasteiger partial charge is 0.232 e. The lowest BCUT2D eigenvalue weighted by Crippen LogP contribution is -2.15. The fourth-order valence-corrected chi connectivity index (χ4v) is 2.31. The molecule has 1 aliphatic rings. The molecule has 0 aliphatic carbocycles. The Morgan fingerprint density at radius 2 is 2.25 bits per heavy atom. The quantitative estimate of drug-likeness (QED) is 0.877. The molecule has 0 unspecified atom stereocenters. The van der Waals surface area contributed by atoms with Crippen molar-refractivity contribution in [3.8, 4) is 5.75 Å². The van der Waals surface area contributed by atoms with E-state index in [1.165, 1.54) is 0 Å². The van der Waals surface area contributed by atoms with Gasteiger partial charge in [0.05, 0.1) is 12.4 Å². The number of benzene rings is 1. The number of nitrogens with one attached hydrogen (secondary N) is 1. The normalized spacial score (nSPS) is 15.1. The summed E-state index contributed by atoms with van der Waals surface area (Å²) in [6, 6.07) is 5.40. The number of fused-ring (bicyclic) bond motifs is 1. The summed E-state index contributed by atoms with van der Waals surface area (Å²) in [6.45, 7) is 2.36. The van der Waals surface area contributed by atoms with Gasteiger partial charge in [-0.2, -0.15) is 0 Å². The van der Waals surface area contributed by atoms with Gasteiger partial charge in [-0.1, -0.05) is 0 Å². The zero-order chi connectivity index (χ0) is 11.6. The van der Waals surface area contributed by atoms with E-state index < -0.39 is 10.0 Å². The average Bonchev–Trinajstić information content (AvgIpc) is 2.28. The van der Waals surface area contributed by atoms with Crippen molar-refractivity contribution in [3.63, 3.8) is 0 Å². The summed E-state index contributed by atoms with van der Waals surface area (Å²) >= 11 is 0. The van der Waals surface area contributed by atoms with Crippen LogP contribution in [0.5, 0.6) is 5.75 Å². The lowest BCUT2D eigenvalue weighted by atomic mass is 10.1. The van der Waals surface area contributed by atoms with Crippen molar-refractivity contribution in [3.05, 3.63) is 23.8 Å². The minimum Gasteiger partial charge on any atom is -0.493 e. The van der Waals surface area contributed by atoms with Crippen LogP contribution in [0.1, 0.15) is 18.9 Å². The second-order valence-corrected chi connectivity index (χ2v) is 5.79. The molecule has 5 heteroatoms. The molecular weight excluding hydrogens is 226 g/mol. The van der Waals surface area contributed by atoms with Crippen LogP contribution in [0.25, 0.3) is 0 Å². The van der Waals surface area contributed by atoms with E-state index >= 15 is 0 Å². The van der Waals surface area contributed by atoms with Gasteiger partial charge in [0.15, 0.2) is 0 Å². The predicted octanol–water partition coefficient (Wildman–Crippen LogP) is 1.77. The highest BCUT2D eigenvalue weighted by atomic mass is 32.2. The summed E-state index contributed by atoms with van der Waals surface area (Å²) in [5, 5.41) is 0. The van der Waals surface area contributed by atoms with E-state index in [9.17, 15) is 8.42 Å². The van der Waals surface area contributed by atoms with Gasteiger partial charge in [0.25, 0.3) is 0 Å². The summed E-state index contributed by atoms with van der Waals surface area (Å²) in [6.07, 6.45) is 1.92. The molecule has 0 fully saturated rings. The highest BCUT2D eigenvalue weighted by molar-refractivity contribution is 7.92. The maximum Gasteiger partial charge on any atom is 0.232 e. The SMILES string of the molecule is CCS(=O)(=O)Nc1ccc2c(c1)CCCO2. The summed E-state index contributed by atoms with van der Waals surface area (Å²) in [7, 11) is -3.19. The van der Waals surface area contributed by atoms with Gasteiger partial charge in [-0.05, 0) is 43.5 Å². The van der Waals surface area contributed by atoms with Crippen LogP contribution in [0, 0.1) is 0 Å². The fourth-order valence-electron chi connectivity index (χ4n) is 1.68. The van der Waals surface area contributed by atoms with Crippen molar-refractivity contribution in [2.75, 3.05) is 17.1 Å². The van der Waals surface area contributed by atoms with E-state index in [0.717, 1.165) is 30.8 Å². The van der Waals surface area contributed by atoms with Gasteiger partial charge in [-0.25, -0.2) is 8.42 Å². The minimum atomic E-state index is -3.19. The standard InChI is InChI=1S/C11H15NO3S/c1-2-16(13,14)12-10-5-6-11-9(8-10)4-3-7-15-11/h5-6,8,12H,2-4,7H2,1H3. The molecule has 0 saturated heterocycles. The molecule has 4 nitrogen and oxygen atoms in total. The van der Waals surface area contributed by atoms with E-state index in [1.807, 2.05) is 12.1 Å². The number of hydrogen-bond acceptors (Lipinski definition) is 3. The molecule has 0 spiro atoms. The van der Waals surface area contributed by atoms with Crippen molar-refractivity contribution in [1.82, 2.24) is 0 Å². The fraction of sp³-hybridized carbons (Fsp3) is 0.455. The largest absolute Gasteiger partial charge is 0.493 e. The van der Waals surface area contributed by atoms with Gasteiger partial charge in [-0.3, -0.25) is 4.72 Å². The van der Waals surface area contributed by atoms with Crippen LogP contribution < -0.4 is 9.46 Å². The molecule has 1 N–H and O–H groups in total. The van der Waals surface area contributed by atoms with Crippen molar-refractivity contribution in [2.45, 2.75) is 19.8 Å². The number of rotatable bonds is 3. The Balaban J connectivity index is 2.24. The topological polar surface area (TPSA) is 55.4 Å². The number of ether oxygens (including phenoxy) is 1. The lowest BCUT2D eigenvalue weighted by Gasteiger charge is -2.18. The summed E-state index contributed by atoms with van der Waals surface area (Å²) in [5.74, 6) is 0.950. The first-order valence-electron chi connectivity index (χ1n) is 5.37. The number of hydrogen-bond donors (Lipinski definition) is 1. The van der Waals surface area contributed by atoms with Gasteiger partial charge in [0.1, 0.15) is 5.75 Å². The van der Waals surface area contributed by atoms with E-state index in [0.29, 0.717) is 5.69 Å². The molecule has 1 heterocycles. The van der Waals surface area contributed by atoms with E-state index in [4.69, 9.17) is 4.74 Å². The molecule has 0 atom stereocenters. The predicted molar refractivity (Wildman–Crippen MR) is 63.3 cm³/mol. The summed E-state index contributed by atoms with van der Waals surface area (Å²) in [5.41, 5.74) is 1.69. The van der Waals surface area contributed by atoms with Crippen molar-refractivity contribution in [1.29, 1.82) is 0 Å². The molecule has 1 aliphatic heterocycles. The van der Waals surface area contributed by atoms with E-state index in [-0.39, 0.29) is 5.75 Å². The van der Waals surface area contributed by atoms with Gasteiger partial charge >= 0.3 is 0 Å².